The number of anilines is 1. The summed E-state index contributed by atoms with van der Waals surface area (Å²) in [6.07, 6.45) is 4.84. The molecular formula is C21H14ClN3O2S. The van der Waals surface area contributed by atoms with Crippen molar-refractivity contribution in [1.82, 2.24) is 9.38 Å². The van der Waals surface area contributed by atoms with Crippen LogP contribution < -0.4 is 5.32 Å². The normalized spacial score (nSPS) is 11.2. The third-order valence-electron chi connectivity index (χ3n) is 4.08. The molecule has 1 N–H and O–H groups in total. The highest BCUT2D eigenvalue weighted by atomic mass is 35.5. The van der Waals surface area contributed by atoms with Crippen molar-refractivity contribution in [1.29, 1.82) is 0 Å². The second-order valence-corrected chi connectivity index (χ2v) is 7.17. The van der Waals surface area contributed by atoms with Crippen molar-refractivity contribution in [3.05, 3.63) is 94.2 Å². The number of nitrogens with one attached hydrogen (secondary N) is 1. The van der Waals surface area contributed by atoms with E-state index in [0.29, 0.717) is 27.7 Å². The molecule has 0 aliphatic heterocycles. The van der Waals surface area contributed by atoms with E-state index in [4.69, 9.17) is 11.6 Å². The van der Waals surface area contributed by atoms with Crippen LogP contribution in [0.1, 0.15) is 21.6 Å². The number of amides is 1. The summed E-state index contributed by atoms with van der Waals surface area (Å²) in [5.41, 5.74) is 2.28. The number of halogens is 1. The number of hydrogen-bond donors (Lipinski definition) is 1. The van der Waals surface area contributed by atoms with Gasteiger partial charge in [-0.1, -0.05) is 54.1 Å². The topological polar surface area (TPSA) is 63.5 Å². The number of rotatable bonds is 5. The average Bonchev–Trinajstić information content (AvgIpc) is 3.27. The Labute approximate surface area is 169 Å². The molecule has 138 valence electrons. The Hall–Kier alpha value is -3.22. The Kier molecular flexibility index (Phi) is 5.06. The predicted octanol–water partition coefficient (Wildman–Crippen LogP) is 4.93. The van der Waals surface area contributed by atoms with E-state index >= 15 is 0 Å². The van der Waals surface area contributed by atoms with Crippen LogP contribution in [-0.2, 0) is 4.79 Å². The summed E-state index contributed by atoms with van der Waals surface area (Å²) in [5, 5.41) is 5.00. The fourth-order valence-corrected chi connectivity index (χ4v) is 3.76. The summed E-state index contributed by atoms with van der Waals surface area (Å²) in [4.78, 5) is 29.8. The number of nitrogens with zero attached hydrogens (tertiary/aromatic N) is 2. The molecular weight excluding hydrogens is 394 g/mol. The second kappa shape index (κ2) is 7.80. The van der Waals surface area contributed by atoms with Crippen LogP contribution in [0.4, 0.5) is 5.69 Å². The number of fused-ring (bicyclic) bond motifs is 1. The first-order chi connectivity index (χ1) is 13.6. The van der Waals surface area contributed by atoms with Crippen molar-refractivity contribution in [3.63, 3.8) is 0 Å². The number of carbonyl (C=O) groups is 2. The number of thiazole rings is 1. The lowest BCUT2D eigenvalue weighted by Crippen LogP contribution is -2.09. The SMILES string of the molecule is O=C(/C=C/c1c(Cl)nc2sccn12)Nc1cccc(C(=O)c2ccccc2)c1. The summed E-state index contributed by atoms with van der Waals surface area (Å²) in [6.45, 7) is 0. The molecule has 2 heterocycles. The lowest BCUT2D eigenvalue weighted by Gasteiger charge is -2.05. The summed E-state index contributed by atoms with van der Waals surface area (Å²) < 4.78 is 1.82. The Balaban J connectivity index is 1.50. The van der Waals surface area contributed by atoms with Crippen LogP contribution in [0.15, 0.2) is 72.3 Å². The van der Waals surface area contributed by atoms with Gasteiger partial charge < -0.3 is 5.32 Å². The van der Waals surface area contributed by atoms with E-state index in [-0.39, 0.29) is 11.7 Å². The lowest BCUT2D eigenvalue weighted by atomic mass is 10.0. The molecule has 4 aromatic rings. The van der Waals surface area contributed by atoms with E-state index in [9.17, 15) is 9.59 Å². The molecule has 0 unspecified atom stereocenters. The standard InChI is InChI=1S/C21H14ClN3O2S/c22-20-17(25-11-12-28-21(25)24-20)9-10-18(26)23-16-8-4-7-15(13-16)19(27)14-5-2-1-3-6-14/h1-13H,(H,23,26)/b10-9+. The van der Waals surface area contributed by atoms with Crippen molar-refractivity contribution in [3.8, 4) is 0 Å². The first kappa shape index (κ1) is 18.2. The van der Waals surface area contributed by atoms with Crippen LogP contribution in [-0.4, -0.2) is 21.1 Å². The molecule has 0 bridgehead atoms. The molecule has 2 aromatic heterocycles. The van der Waals surface area contributed by atoms with E-state index in [1.54, 1.807) is 42.5 Å². The van der Waals surface area contributed by atoms with Gasteiger partial charge in [-0.3, -0.25) is 14.0 Å². The number of carbonyl (C=O) groups excluding carboxylic acids is 2. The number of ketones is 1. The molecule has 0 saturated carbocycles. The van der Waals surface area contributed by atoms with E-state index in [1.165, 1.54) is 17.4 Å². The number of hydrogen-bond acceptors (Lipinski definition) is 4. The molecule has 4 rings (SSSR count). The van der Waals surface area contributed by atoms with E-state index in [0.717, 1.165) is 4.96 Å². The van der Waals surface area contributed by atoms with Gasteiger partial charge in [-0.25, -0.2) is 4.98 Å². The molecule has 5 nitrogen and oxygen atoms in total. The van der Waals surface area contributed by atoms with E-state index in [1.807, 2.05) is 34.2 Å². The van der Waals surface area contributed by atoms with Gasteiger partial charge in [0, 0.05) is 34.5 Å². The Bertz CT molecular complexity index is 1190. The van der Waals surface area contributed by atoms with Gasteiger partial charge in [0.15, 0.2) is 15.9 Å². The van der Waals surface area contributed by atoms with Gasteiger partial charge in [-0.2, -0.15) is 0 Å². The second-order valence-electron chi connectivity index (χ2n) is 5.94. The van der Waals surface area contributed by atoms with Crippen molar-refractivity contribution in [2.45, 2.75) is 0 Å². The minimum atomic E-state index is -0.328. The Morgan fingerprint density at radius 3 is 2.68 bits per heavy atom. The van der Waals surface area contributed by atoms with Gasteiger partial charge in [-0.05, 0) is 18.2 Å². The zero-order chi connectivity index (χ0) is 19.5. The molecule has 0 fully saturated rings. The van der Waals surface area contributed by atoms with Gasteiger partial charge >= 0.3 is 0 Å². The van der Waals surface area contributed by atoms with Gasteiger partial charge in [0.05, 0.1) is 5.69 Å². The maximum Gasteiger partial charge on any atom is 0.248 e. The van der Waals surface area contributed by atoms with E-state index in [2.05, 4.69) is 10.3 Å². The first-order valence-corrected chi connectivity index (χ1v) is 9.67. The fourth-order valence-electron chi connectivity index (χ4n) is 2.76. The number of aromatic nitrogens is 2. The first-order valence-electron chi connectivity index (χ1n) is 8.42. The maximum absolute atomic E-state index is 12.6. The maximum atomic E-state index is 12.6. The molecule has 28 heavy (non-hydrogen) atoms. The minimum absolute atomic E-state index is 0.0990. The van der Waals surface area contributed by atoms with Crippen LogP contribution in [0, 0.1) is 0 Å². The number of imidazole rings is 1. The summed E-state index contributed by atoms with van der Waals surface area (Å²) in [6, 6.07) is 15.9. The van der Waals surface area contributed by atoms with Crippen molar-refractivity contribution >= 4 is 51.4 Å². The van der Waals surface area contributed by atoms with Crippen LogP contribution in [0.5, 0.6) is 0 Å². The number of benzene rings is 2. The smallest absolute Gasteiger partial charge is 0.248 e. The fraction of sp³-hybridized carbons (Fsp3) is 0. The third kappa shape index (κ3) is 3.74. The Morgan fingerprint density at radius 2 is 1.86 bits per heavy atom. The third-order valence-corrected chi connectivity index (χ3v) is 5.11. The summed E-state index contributed by atoms with van der Waals surface area (Å²) in [5.74, 6) is -0.427. The monoisotopic (exact) mass is 407 g/mol. The summed E-state index contributed by atoms with van der Waals surface area (Å²) in [7, 11) is 0. The highest BCUT2D eigenvalue weighted by Gasteiger charge is 2.11. The van der Waals surface area contributed by atoms with Crippen LogP contribution in [0.2, 0.25) is 5.15 Å². The molecule has 1 amide bonds. The Morgan fingerprint density at radius 1 is 1.07 bits per heavy atom. The molecule has 7 heteroatoms. The largest absolute Gasteiger partial charge is 0.322 e. The van der Waals surface area contributed by atoms with Crippen molar-refractivity contribution in [2.75, 3.05) is 5.32 Å². The summed E-state index contributed by atoms with van der Waals surface area (Å²) >= 11 is 7.58. The molecule has 0 atom stereocenters. The quantitative estimate of drug-likeness (QED) is 0.376. The van der Waals surface area contributed by atoms with Gasteiger partial charge in [-0.15, -0.1) is 11.3 Å². The zero-order valence-electron chi connectivity index (χ0n) is 14.5. The van der Waals surface area contributed by atoms with Crippen molar-refractivity contribution < 1.29 is 9.59 Å². The van der Waals surface area contributed by atoms with Crippen LogP contribution in [0.25, 0.3) is 11.0 Å². The molecule has 2 aromatic carbocycles. The zero-order valence-corrected chi connectivity index (χ0v) is 16.1. The van der Waals surface area contributed by atoms with Crippen molar-refractivity contribution in [2.24, 2.45) is 0 Å². The predicted molar refractivity (Wildman–Crippen MR) is 112 cm³/mol. The van der Waals surface area contributed by atoms with Gasteiger partial charge in [0.25, 0.3) is 0 Å². The molecule has 0 aliphatic carbocycles. The highest BCUT2D eigenvalue weighted by Crippen LogP contribution is 2.22. The van der Waals surface area contributed by atoms with Gasteiger partial charge in [0.2, 0.25) is 5.91 Å². The molecule has 0 aliphatic rings. The van der Waals surface area contributed by atoms with E-state index < -0.39 is 0 Å². The highest BCUT2D eigenvalue weighted by molar-refractivity contribution is 7.15. The molecule has 0 radical (unpaired) electrons. The molecule has 0 saturated heterocycles. The lowest BCUT2D eigenvalue weighted by molar-refractivity contribution is -0.111. The minimum Gasteiger partial charge on any atom is -0.322 e. The van der Waals surface area contributed by atoms with Gasteiger partial charge in [0.1, 0.15) is 0 Å². The van der Waals surface area contributed by atoms with Crippen LogP contribution in [0.3, 0.4) is 0 Å². The average molecular weight is 408 g/mol. The van der Waals surface area contributed by atoms with Crippen LogP contribution >= 0.6 is 22.9 Å². The molecule has 0 spiro atoms.